The van der Waals surface area contributed by atoms with Crippen molar-refractivity contribution in [2.24, 2.45) is 23.2 Å². The number of amides is 1. The highest BCUT2D eigenvalue weighted by atomic mass is 16.2. The topological polar surface area (TPSA) is 90.6 Å². The molecule has 0 saturated heterocycles. The van der Waals surface area contributed by atoms with Gasteiger partial charge in [-0.1, -0.05) is 13.8 Å². The highest BCUT2D eigenvalue weighted by Crippen LogP contribution is 2.59. The van der Waals surface area contributed by atoms with Gasteiger partial charge in [-0.05, 0) is 55.4 Å². The molecule has 29 heavy (non-hydrogen) atoms. The molecule has 7 heteroatoms. The summed E-state index contributed by atoms with van der Waals surface area (Å²) in [5.74, 6) is 2.51. The van der Waals surface area contributed by atoms with Crippen LogP contribution in [0.2, 0.25) is 0 Å². The number of hydrogen-bond donors (Lipinski definition) is 2. The van der Waals surface area contributed by atoms with Gasteiger partial charge in [0.2, 0.25) is 5.91 Å². The summed E-state index contributed by atoms with van der Waals surface area (Å²) < 4.78 is 0. The highest BCUT2D eigenvalue weighted by Gasteiger charge is 2.53. The van der Waals surface area contributed by atoms with Crippen LogP contribution in [0.5, 0.6) is 0 Å². The molecular formula is C22H26N6O. The van der Waals surface area contributed by atoms with E-state index >= 15 is 0 Å². The summed E-state index contributed by atoms with van der Waals surface area (Å²) in [7, 11) is 1.84. The summed E-state index contributed by atoms with van der Waals surface area (Å²) in [6.45, 7) is 4.57. The van der Waals surface area contributed by atoms with Crippen LogP contribution in [0.25, 0.3) is 22.7 Å². The number of anilines is 1. The lowest BCUT2D eigenvalue weighted by molar-refractivity contribution is -0.125. The summed E-state index contributed by atoms with van der Waals surface area (Å²) in [6, 6.07) is 1.97. The molecule has 0 spiro atoms. The molecule has 0 aromatic carbocycles. The summed E-state index contributed by atoms with van der Waals surface area (Å²) in [6.07, 6.45) is 7.16. The van der Waals surface area contributed by atoms with Crippen LogP contribution in [0, 0.1) is 23.2 Å². The quantitative estimate of drug-likeness (QED) is 0.716. The average molecular weight is 390 g/mol. The van der Waals surface area contributed by atoms with Crippen LogP contribution in [0.3, 0.4) is 0 Å². The minimum Gasteiger partial charge on any atom is -0.335 e. The number of nitrogens with zero attached hydrogens (tertiary/aromatic N) is 4. The molecule has 3 aliphatic carbocycles. The largest absolute Gasteiger partial charge is 0.335 e. The van der Waals surface area contributed by atoms with Crippen molar-refractivity contribution in [3.05, 3.63) is 23.5 Å². The number of nitrogens with one attached hydrogen (secondary N) is 2. The lowest BCUT2D eigenvalue weighted by atomic mass is 9.75. The smallest absolute Gasteiger partial charge is 0.229 e. The van der Waals surface area contributed by atoms with Crippen molar-refractivity contribution in [2.75, 3.05) is 11.9 Å². The highest BCUT2D eigenvalue weighted by molar-refractivity contribution is 5.96. The lowest BCUT2D eigenvalue weighted by Crippen LogP contribution is -2.39. The van der Waals surface area contributed by atoms with E-state index in [4.69, 9.17) is 0 Å². The van der Waals surface area contributed by atoms with E-state index in [0.29, 0.717) is 17.0 Å². The minimum atomic E-state index is 0.145. The van der Waals surface area contributed by atoms with Gasteiger partial charge in [-0.2, -0.15) is 5.10 Å². The second-order valence-electron chi connectivity index (χ2n) is 9.79. The fraction of sp³-hybridized carbons (Fsp3) is 0.545. The van der Waals surface area contributed by atoms with E-state index in [9.17, 15) is 4.79 Å². The van der Waals surface area contributed by atoms with Crippen molar-refractivity contribution in [3.8, 4) is 11.5 Å². The Morgan fingerprint density at radius 3 is 2.97 bits per heavy atom. The van der Waals surface area contributed by atoms with Gasteiger partial charge in [0.05, 0.1) is 17.4 Å². The fourth-order valence-corrected chi connectivity index (χ4v) is 5.34. The van der Waals surface area contributed by atoms with E-state index in [1.165, 1.54) is 17.7 Å². The third kappa shape index (κ3) is 2.56. The number of carbonyl (C=O) groups excluding carboxylic acids is 1. The van der Waals surface area contributed by atoms with E-state index in [2.05, 4.69) is 39.0 Å². The molecule has 0 bridgehead atoms. The Balaban J connectivity index is 1.30. The number of hydrogen-bond acceptors (Lipinski definition) is 4. The Kier molecular flexibility index (Phi) is 3.36. The van der Waals surface area contributed by atoms with Crippen molar-refractivity contribution < 1.29 is 4.79 Å². The van der Waals surface area contributed by atoms with Gasteiger partial charge in [0.15, 0.2) is 11.5 Å². The number of aromatic amines is 2. The molecule has 150 valence electrons. The molecule has 0 unspecified atom stereocenters. The van der Waals surface area contributed by atoms with Gasteiger partial charge in [-0.15, -0.1) is 0 Å². The molecule has 6 rings (SSSR count). The first-order chi connectivity index (χ1) is 13.9. The summed E-state index contributed by atoms with van der Waals surface area (Å²) >= 11 is 0. The van der Waals surface area contributed by atoms with Crippen LogP contribution in [-0.2, 0) is 17.6 Å². The number of pyridine rings is 1. The van der Waals surface area contributed by atoms with E-state index < -0.39 is 0 Å². The van der Waals surface area contributed by atoms with Gasteiger partial charge >= 0.3 is 0 Å². The van der Waals surface area contributed by atoms with E-state index in [-0.39, 0.29) is 11.8 Å². The average Bonchev–Trinajstić information content (AvgIpc) is 3.00. The first kappa shape index (κ1) is 17.2. The Hall–Kier alpha value is -2.70. The normalized spacial score (nSPS) is 29.8. The molecule has 2 saturated carbocycles. The summed E-state index contributed by atoms with van der Waals surface area (Å²) in [5.41, 5.74) is 6.24. The van der Waals surface area contributed by atoms with Crippen LogP contribution in [0.4, 0.5) is 5.69 Å². The zero-order valence-electron chi connectivity index (χ0n) is 17.1. The second-order valence-corrected chi connectivity index (χ2v) is 9.79. The predicted octanol–water partition coefficient (Wildman–Crippen LogP) is 3.48. The first-order valence-electron chi connectivity index (χ1n) is 10.6. The van der Waals surface area contributed by atoms with Crippen molar-refractivity contribution in [2.45, 2.75) is 46.0 Å². The SMILES string of the molecule is CC1CC(C(=O)N(C)c2cnc3nc(-c4n[nH]c5c4C[C@@H]4C[C@]4(C)C5)[nH]c3c2)C1. The van der Waals surface area contributed by atoms with E-state index in [1.807, 2.05) is 13.1 Å². The van der Waals surface area contributed by atoms with Crippen molar-refractivity contribution in [1.82, 2.24) is 25.1 Å². The van der Waals surface area contributed by atoms with Gasteiger partial charge in [0.1, 0.15) is 5.69 Å². The molecule has 3 heterocycles. The third-order valence-corrected chi connectivity index (χ3v) is 7.51. The third-order valence-electron chi connectivity index (χ3n) is 7.51. The molecule has 3 aromatic rings. The van der Waals surface area contributed by atoms with E-state index in [1.54, 1.807) is 11.1 Å². The molecule has 7 nitrogen and oxygen atoms in total. The molecule has 1 amide bonds. The van der Waals surface area contributed by atoms with E-state index in [0.717, 1.165) is 54.3 Å². The number of imidazole rings is 1. The molecule has 3 aliphatic rings. The summed E-state index contributed by atoms with van der Waals surface area (Å²) in [5, 5.41) is 7.81. The molecule has 3 aromatic heterocycles. The maximum absolute atomic E-state index is 12.7. The number of aromatic nitrogens is 5. The van der Waals surface area contributed by atoms with Gasteiger partial charge in [0, 0.05) is 24.2 Å². The number of H-pyrrole nitrogens is 2. The van der Waals surface area contributed by atoms with Gasteiger partial charge < -0.3 is 9.88 Å². The van der Waals surface area contributed by atoms with Gasteiger partial charge in [-0.3, -0.25) is 9.89 Å². The Bertz CT molecular complexity index is 1140. The minimum absolute atomic E-state index is 0.145. The Labute approximate surface area is 169 Å². The summed E-state index contributed by atoms with van der Waals surface area (Å²) in [4.78, 5) is 27.0. The van der Waals surface area contributed by atoms with Crippen LogP contribution >= 0.6 is 0 Å². The lowest BCUT2D eigenvalue weighted by Gasteiger charge is -2.34. The van der Waals surface area contributed by atoms with Crippen molar-refractivity contribution in [3.63, 3.8) is 0 Å². The molecule has 0 radical (unpaired) electrons. The second kappa shape index (κ2) is 5.68. The number of rotatable bonds is 3. The van der Waals surface area contributed by atoms with Gasteiger partial charge in [-0.25, -0.2) is 9.97 Å². The molecule has 2 atom stereocenters. The maximum atomic E-state index is 12.7. The van der Waals surface area contributed by atoms with Crippen molar-refractivity contribution in [1.29, 1.82) is 0 Å². The van der Waals surface area contributed by atoms with Crippen molar-refractivity contribution >= 4 is 22.8 Å². The molecule has 2 N–H and O–H groups in total. The molecule has 2 fully saturated rings. The maximum Gasteiger partial charge on any atom is 0.229 e. The zero-order valence-corrected chi connectivity index (χ0v) is 17.1. The fourth-order valence-electron chi connectivity index (χ4n) is 5.34. The first-order valence-corrected chi connectivity index (χ1v) is 10.6. The zero-order chi connectivity index (χ0) is 19.9. The number of fused-ring (bicyclic) bond motifs is 3. The van der Waals surface area contributed by atoms with Crippen LogP contribution < -0.4 is 4.90 Å². The Morgan fingerprint density at radius 2 is 2.17 bits per heavy atom. The standard InChI is InChI=1S/C22H26N6O/c1-11-4-12(5-11)21(29)28(3)14-7-16-19(23-10-14)25-20(24-16)18-15-6-13-8-22(13,2)9-17(15)26-27-18/h7,10-13H,4-6,8-9H2,1-3H3,(H,26,27)(H,23,24,25)/t11?,12?,13-,22-/m1/s1. The number of carbonyl (C=O) groups is 1. The Morgan fingerprint density at radius 1 is 1.34 bits per heavy atom. The van der Waals surface area contributed by atoms with Gasteiger partial charge in [0.25, 0.3) is 0 Å². The molecular weight excluding hydrogens is 364 g/mol. The predicted molar refractivity (Wildman–Crippen MR) is 110 cm³/mol. The van der Waals surface area contributed by atoms with Crippen LogP contribution in [-0.4, -0.2) is 38.1 Å². The monoisotopic (exact) mass is 390 g/mol. The van der Waals surface area contributed by atoms with Crippen LogP contribution in [0.1, 0.15) is 44.4 Å². The van der Waals surface area contributed by atoms with Crippen LogP contribution in [0.15, 0.2) is 12.3 Å². The molecule has 0 aliphatic heterocycles.